The maximum Gasteiger partial charge on any atom is 0.573 e. The fourth-order valence-corrected chi connectivity index (χ4v) is 3.06. The molecule has 0 atom stereocenters. The highest BCUT2D eigenvalue weighted by atomic mass is 32.1. The van der Waals surface area contributed by atoms with Crippen molar-refractivity contribution in [2.45, 2.75) is 18.9 Å². The first-order valence-corrected chi connectivity index (χ1v) is 9.30. The van der Waals surface area contributed by atoms with E-state index in [2.05, 4.69) is 15.4 Å². The van der Waals surface area contributed by atoms with Crippen LogP contribution in [0.4, 0.5) is 13.2 Å². The average Bonchev–Trinajstić information content (AvgIpc) is 2.71. The summed E-state index contributed by atoms with van der Waals surface area (Å²) in [7, 11) is 0. The Kier molecular flexibility index (Phi) is 6.72. The van der Waals surface area contributed by atoms with Gasteiger partial charge in [0.1, 0.15) is 5.75 Å². The van der Waals surface area contributed by atoms with Crippen molar-refractivity contribution in [2.75, 3.05) is 0 Å². The summed E-state index contributed by atoms with van der Waals surface area (Å²) < 4.78 is 41.1. The number of benzene rings is 3. The van der Waals surface area contributed by atoms with E-state index >= 15 is 0 Å². The van der Waals surface area contributed by atoms with Crippen LogP contribution in [0.3, 0.4) is 0 Å². The Balaban J connectivity index is 1.66. The van der Waals surface area contributed by atoms with Gasteiger partial charge in [0, 0.05) is 6.54 Å². The van der Waals surface area contributed by atoms with Crippen molar-refractivity contribution in [3.63, 3.8) is 0 Å². The van der Waals surface area contributed by atoms with Gasteiger partial charge in [-0.3, -0.25) is 0 Å². The van der Waals surface area contributed by atoms with Crippen molar-refractivity contribution < 1.29 is 17.9 Å². The molecule has 0 heterocycles. The zero-order valence-corrected chi connectivity index (χ0v) is 16.1. The fraction of sp³-hybridized carbons (Fsp3) is 0.136. The zero-order chi connectivity index (χ0) is 20.7. The predicted molar refractivity (Wildman–Crippen MR) is 110 cm³/mol. The highest BCUT2D eigenvalue weighted by molar-refractivity contribution is 7.80. The number of nitrogens with one attached hydrogen (secondary N) is 2. The minimum Gasteiger partial charge on any atom is -0.406 e. The highest BCUT2D eigenvalue weighted by Crippen LogP contribution is 2.24. The summed E-state index contributed by atoms with van der Waals surface area (Å²) in [4.78, 5) is 0. The van der Waals surface area contributed by atoms with Gasteiger partial charge in [-0.15, -0.1) is 13.2 Å². The van der Waals surface area contributed by atoms with Crippen molar-refractivity contribution in [1.29, 1.82) is 0 Å². The quantitative estimate of drug-likeness (QED) is 0.532. The molecule has 0 aliphatic carbocycles. The molecule has 0 saturated carbocycles. The molecule has 3 nitrogen and oxygen atoms in total. The molecule has 3 aromatic carbocycles. The maximum absolute atomic E-state index is 12.4. The van der Waals surface area contributed by atoms with Crippen LogP contribution in [0.25, 0.3) is 0 Å². The van der Waals surface area contributed by atoms with Crippen LogP contribution in [0.1, 0.15) is 22.7 Å². The minimum atomic E-state index is -4.72. The second-order valence-corrected chi connectivity index (χ2v) is 6.68. The lowest BCUT2D eigenvalue weighted by Gasteiger charge is -2.22. The van der Waals surface area contributed by atoms with Crippen molar-refractivity contribution in [3.8, 4) is 5.75 Å². The summed E-state index contributed by atoms with van der Waals surface area (Å²) in [5.41, 5.74) is 2.71. The molecule has 0 aliphatic heterocycles. The SMILES string of the molecule is FC(F)(F)Oc1cccc(CNC(=S)NC(c2ccccc2)c2ccccc2)c1. The van der Waals surface area contributed by atoms with Crippen LogP contribution in [0, 0.1) is 0 Å². The average molecular weight is 416 g/mol. The molecule has 7 heteroatoms. The van der Waals surface area contributed by atoms with E-state index in [1.165, 1.54) is 18.2 Å². The Morgan fingerprint density at radius 3 is 2.00 bits per heavy atom. The van der Waals surface area contributed by atoms with Crippen LogP contribution in [-0.4, -0.2) is 11.5 Å². The molecule has 150 valence electrons. The van der Waals surface area contributed by atoms with Crippen molar-refractivity contribution in [1.82, 2.24) is 10.6 Å². The van der Waals surface area contributed by atoms with Gasteiger partial charge in [-0.1, -0.05) is 72.8 Å². The zero-order valence-electron chi connectivity index (χ0n) is 15.3. The van der Waals surface area contributed by atoms with E-state index in [0.717, 1.165) is 11.1 Å². The molecule has 0 fully saturated rings. The Hall–Kier alpha value is -3.06. The number of hydrogen-bond acceptors (Lipinski definition) is 2. The summed E-state index contributed by atoms with van der Waals surface area (Å²) >= 11 is 5.42. The van der Waals surface area contributed by atoms with E-state index in [1.807, 2.05) is 60.7 Å². The van der Waals surface area contributed by atoms with Crippen molar-refractivity contribution >= 4 is 17.3 Å². The first kappa shape index (κ1) is 20.7. The Morgan fingerprint density at radius 2 is 1.45 bits per heavy atom. The summed E-state index contributed by atoms with van der Waals surface area (Å²) in [6, 6.07) is 25.4. The van der Waals surface area contributed by atoms with Gasteiger partial charge in [-0.25, -0.2) is 0 Å². The standard InChI is InChI=1S/C22H19F3N2OS/c23-22(24,25)28-19-13-7-8-16(14-19)15-26-21(29)27-20(17-9-3-1-4-10-17)18-11-5-2-6-12-18/h1-14,20H,15H2,(H2,26,27,29). The Labute approximate surface area is 172 Å². The molecule has 0 amide bonds. The molecule has 3 aromatic rings. The molecule has 0 aliphatic rings. The number of thiocarbonyl (C=S) groups is 1. The fourth-order valence-electron chi connectivity index (χ4n) is 2.87. The molecular formula is C22H19F3N2OS. The predicted octanol–water partition coefficient (Wildman–Crippen LogP) is 5.34. The summed E-state index contributed by atoms with van der Waals surface area (Å²) in [6.07, 6.45) is -4.72. The van der Waals surface area contributed by atoms with Crippen LogP contribution in [0.5, 0.6) is 5.75 Å². The van der Waals surface area contributed by atoms with Gasteiger partial charge in [-0.05, 0) is 41.0 Å². The van der Waals surface area contributed by atoms with E-state index < -0.39 is 6.36 Å². The second kappa shape index (κ2) is 9.43. The van der Waals surface area contributed by atoms with Gasteiger partial charge in [0.15, 0.2) is 5.11 Å². The molecule has 2 N–H and O–H groups in total. The molecule has 0 radical (unpaired) electrons. The van der Waals surface area contributed by atoms with E-state index in [9.17, 15) is 13.2 Å². The van der Waals surface area contributed by atoms with Crippen LogP contribution in [0.15, 0.2) is 84.9 Å². The van der Waals surface area contributed by atoms with Crippen LogP contribution >= 0.6 is 12.2 Å². The molecule has 0 aromatic heterocycles. The van der Waals surface area contributed by atoms with Gasteiger partial charge in [0.2, 0.25) is 0 Å². The first-order chi connectivity index (χ1) is 13.9. The summed E-state index contributed by atoms with van der Waals surface area (Å²) in [5, 5.41) is 6.72. The lowest BCUT2D eigenvalue weighted by Crippen LogP contribution is -2.37. The minimum absolute atomic E-state index is 0.155. The number of hydrogen-bond donors (Lipinski definition) is 2. The van der Waals surface area contributed by atoms with Crippen molar-refractivity contribution in [3.05, 3.63) is 102 Å². The molecule has 0 spiro atoms. The monoisotopic (exact) mass is 416 g/mol. The Bertz CT molecular complexity index is 894. The third kappa shape index (κ3) is 6.50. The number of halogens is 3. The van der Waals surface area contributed by atoms with E-state index in [1.54, 1.807) is 6.07 Å². The number of alkyl halides is 3. The van der Waals surface area contributed by atoms with Gasteiger partial charge in [-0.2, -0.15) is 0 Å². The first-order valence-electron chi connectivity index (χ1n) is 8.90. The Morgan fingerprint density at radius 1 is 0.862 bits per heavy atom. The smallest absolute Gasteiger partial charge is 0.406 e. The molecule has 0 unspecified atom stereocenters. The normalized spacial score (nSPS) is 11.2. The van der Waals surface area contributed by atoms with Gasteiger partial charge < -0.3 is 15.4 Å². The molecule has 0 bridgehead atoms. The van der Waals surface area contributed by atoms with Crippen molar-refractivity contribution in [2.24, 2.45) is 0 Å². The second-order valence-electron chi connectivity index (χ2n) is 6.28. The highest BCUT2D eigenvalue weighted by Gasteiger charge is 2.31. The van der Waals surface area contributed by atoms with E-state index in [0.29, 0.717) is 10.7 Å². The summed E-state index contributed by atoms with van der Waals surface area (Å²) in [5.74, 6) is -0.262. The third-order valence-corrected chi connectivity index (χ3v) is 4.39. The molecule has 29 heavy (non-hydrogen) atoms. The number of ether oxygens (including phenoxy) is 1. The summed E-state index contributed by atoms with van der Waals surface area (Å²) in [6.45, 7) is 0.261. The van der Waals surface area contributed by atoms with Crippen LogP contribution < -0.4 is 15.4 Å². The molecule has 0 saturated heterocycles. The molecular weight excluding hydrogens is 397 g/mol. The topological polar surface area (TPSA) is 33.3 Å². The van der Waals surface area contributed by atoms with E-state index in [4.69, 9.17) is 12.2 Å². The molecule has 3 rings (SSSR count). The van der Waals surface area contributed by atoms with Gasteiger partial charge in [0.25, 0.3) is 0 Å². The van der Waals surface area contributed by atoms with E-state index in [-0.39, 0.29) is 18.3 Å². The lowest BCUT2D eigenvalue weighted by atomic mass is 9.99. The van der Waals surface area contributed by atoms with Crippen LogP contribution in [-0.2, 0) is 6.54 Å². The number of rotatable bonds is 6. The van der Waals surface area contributed by atoms with Gasteiger partial charge >= 0.3 is 6.36 Å². The third-order valence-electron chi connectivity index (χ3n) is 4.13. The van der Waals surface area contributed by atoms with Crippen LogP contribution in [0.2, 0.25) is 0 Å². The van der Waals surface area contributed by atoms with Gasteiger partial charge in [0.05, 0.1) is 6.04 Å². The largest absolute Gasteiger partial charge is 0.573 e. The lowest BCUT2D eigenvalue weighted by molar-refractivity contribution is -0.274. The maximum atomic E-state index is 12.4.